The van der Waals surface area contributed by atoms with E-state index in [1.807, 2.05) is 19.1 Å². The summed E-state index contributed by atoms with van der Waals surface area (Å²) in [5.74, 6) is 0.712. The second-order valence-electron chi connectivity index (χ2n) is 4.41. The molecule has 0 aliphatic carbocycles. The van der Waals surface area contributed by atoms with Crippen LogP contribution in [0.2, 0.25) is 0 Å². The quantitative estimate of drug-likeness (QED) is 0.734. The van der Waals surface area contributed by atoms with Crippen molar-refractivity contribution in [2.75, 3.05) is 32.6 Å². The average molecular weight is 269 g/mol. The molecule has 1 aromatic rings. The van der Waals surface area contributed by atoms with E-state index in [9.17, 15) is 4.21 Å². The summed E-state index contributed by atoms with van der Waals surface area (Å²) in [6.07, 6.45) is 0.920. The molecule has 1 aromatic carbocycles. The SMILES string of the molecule is COCCNCCCS(=O)c1ccc(C)cc1C. The van der Waals surface area contributed by atoms with Crippen molar-refractivity contribution in [2.45, 2.75) is 25.2 Å². The molecule has 0 fully saturated rings. The molecule has 1 atom stereocenters. The topological polar surface area (TPSA) is 38.3 Å². The highest BCUT2D eigenvalue weighted by Gasteiger charge is 2.06. The Balaban J connectivity index is 2.32. The number of ether oxygens (including phenoxy) is 1. The van der Waals surface area contributed by atoms with Crippen molar-refractivity contribution in [3.8, 4) is 0 Å². The molecular weight excluding hydrogens is 246 g/mol. The summed E-state index contributed by atoms with van der Waals surface area (Å²) in [6.45, 7) is 6.54. The van der Waals surface area contributed by atoms with Gasteiger partial charge in [-0.3, -0.25) is 4.21 Å². The van der Waals surface area contributed by atoms with Crippen molar-refractivity contribution in [3.05, 3.63) is 29.3 Å². The van der Waals surface area contributed by atoms with E-state index in [-0.39, 0.29) is 0 Å². The van der Waals surface area contributed by atoms with Crippen molar-refractivity contribution < 1.29 is 8.95 Å². The van der Waals surface area contributed by atoms with Gasteiger partial charge < -0.3 is 10.1 Å². The number of methoxy groups -OCH3 is 1. The van der Waals surface area contributed by atoms with Crippen LogP contribution in [-0.2, 0) is 15.5 Å². The summed E-state index contributed by atoms with van der Waals surface area (Å²) in [4.78, 5) is 0.970. The van der Waals surface area contributed by atoms with E-state index in [0.717, 1.165) is 36.6 Å². The highest BCUT2D eigenvalue weighted by atomic mass is 32.2. The van der Waals surface area contributed by atoms with Gasteiger partial charge in [0.2, 0.25) is 0 Å². The van der Waals surface area contributed by atoms with Crippen LogP contribution in [-0.4, -0.2) is 36.8 Å². The van der Waals surface area contributed by atoms with Crippen LogP contribution in [0.1, 0.15) is 17.5 Å². The van der Waals surface area contributed by atoms with Gasteiger partial charge >= 0.3 is 0 Å². The standard InChI is InChI=1S/C14H23NO2S/c1-12-5-6-14(13(2)11-12)18(16)10-4-7-15-8-9-17-3/h5-6,11,15H,4,7-10H2,1-3H3. The van der Waals surface area contributed by atoms with E-state index in [1.54, 1.807) is 7.11 Å². The van der Waals surface area contributed by atoms with Gasteiger partial charge in [0.25, 0.3) is 0 Å². The Labute approximate surface area is 112 Å². The second-order valence-corrected chi connectivity index (χ2v) is 5.95. The average Bonchev–Trinajstić information content (AvgIpc) is 2.33. The van der Waals surface area contributed by atoms with Gasteiger partial charge in [-0.2, -0.15) is 0 Å². The van der Waals surface area contributed by atoms with Crippen molar-refractivity contribution in [1.29, 1.82) is 0 Å². The van der Waals surface area contributed by atoms with Crippen LogP contribution in [0.4, 0.5) is 0 Å². The van der Waals surface area contributed by atoms with Gasteiger partial charge in [0.15, 0.2) is 0 Å². The maximum Gasteiger partial charge on any atom is 0.0587 e. The van der Waals surface area contributed by atoms with Crippen molar-refractivity contribution in [3.63, 3.8) is 0 Å². The Kier molecular flexibility index (Phi) is 7.16. The number of hydrogen-bond acceptors (Lipinski definition) is 3. The number of hydrogen-bond donors (Lipinski definition) is 1. The minimum Gasteiger partial charge on any atom is -0.383 e. The molecule has 1 N–H and O–H groups in total. The Morgan fingerprint density at radius 2 is 2.06 bits per heavy atom. The predicted molar refractivity (Wildman–Crippen MR) is 76.6 cm³/mol. The van der Waals surface area contributed by atoms with Gasteiger partial charge in [-0.05, 0) is 38.4 Å². The second kappa shape index (κ2) is 8.40. The first-order valence-electron chi connectivity index (χ1n) is 6.30. The summed E-state index contributed by atoms with van der Waals surface area (Å²) in [5.41, 5.74) is 2.34. The van der Waals surface area contributed by atoms with Crippen LogP contribution in [0.3, 0.4) is 0 Å². The van der Waals surface area contributed by atoms with Crippen LogP contribution in [0, 0.1) is 13.8 Å². The molecule has 4 heteroatoms. The summed E-state index contributed by atoms with van der Waals surface area (Å²) in [6, 6.07) is 6.10. The van der Waals surface area contributed by atoms with Crippen LogP contribution in [0.25, 0.3) is 0 Å². The lowest BCUT2D eigenvalue weighted by atomic mass is 10.2. The molecular formula is C14H23NO2S. The highest BCUT2D eigenvalue weighted by Crippen LogP contribution is 2.15. The highest BCUT2D eigenvalue weighted by molar-refractivity contribution is 7.85. The number of rotatable bonds is 8. The summed E-state index contributed by atoms with van der Waals surface area (Å²) in [7, 11) is 0.810. The van der Waals surface area contributed by atoms with Crippen molar-refractivity contribution in [1.82, 2.24) is 5.32 Å². The third-order valence-corrected chi connectivity index (χ3v) is 4.35. The maximum atomic E-state index is 12.1. The minimum atomic E-state index is -0.882. The number of nitrogens with one attached hydrogen (secondary N) is 1. The largest absolute Gasteiger partial charge is 0.383 e. The van der Waals surface area contributed by atoms with E-state index < -0.39 is 10.8 Å². The van der Waals surface area contributed by atoms with E-state index in [0.29, 0.717) is 5.75 Å². The molecule has 0 aromatic heterocycles. The fraction of sp³-hybridized carbons (Fsp3) is 0.571. The molecule has 0 saturated carbocycles. The number of aryl methyl sites for hydroxylation is 2. The van der Waals surface area contributed by atoms with Gasteiger partial charge in [-0.25, -0.2) is 0 Å². The molecule has 0 bridgehead atoms. The molecule has 0 spiro atoms. The lowest BCUT2D eigenvalue weighted by Crippen LogP contribution is -2.21. The lowest BCUT2D eigenvalue weighted by Gasteiger charge is -2.07. The van der Waals surface area contributed by atoms with E-state index in [2.05, 4.69) is 18.3 Å². The van der Waals surface area contributed by atoms with Gasteiger partial charge in [-0.15, -0.1) is 0 Å². The smallest absolute Gasteiger partial charge is 0.0587 e. The zero-order valence-electron chi connectivity index (χ0n) is 11.5. The van der Waals surface area contributed by atoms with Gasteiger partial charge in [0.05, 0.1) is 17.4 Å². The van der Waals surface area contributed by atoms with Crippen molar-refractivity contribution >= 4 is 10.8 Å². The Bertz CT molecular complexity index is 393. The summed E-state index contributed by atoms with van der Waals surface area (Å²) < 4.78 is 17.1. The van der Waals surface area contributed by atoms with E-state index >= 15 is 0 Å². The predicted octanol–water partition coefficient (Wildman–Crippen LogP) is 2.04. The zero-order chi connectivity index (χ0) is 13.4. The van der Waals surface area contributed by atoms with Gasteiger partial charge in [-0.1, -0.05) is 17.7 Å². The van der Waals surface area contributed by atoms with Crippen LogP contribution >= 0.6 is 0 Å². The minimum absolute atomic E-state index is 0.712. The summed E-state index contributed by atoms with van der Waals surface area (Å²) >= 11 is 0. The Hall–Kier alpha value is -0.710. The molecule has 1 rings (SSSR count). The Morgan fingerprint density at radius 1 is 1.28 bits per heavy atom. The molecule has 102 valence electrons. The third-order valence-electron chi connectivity index (χ3n) is 2.74. The van der Waals surface area contributed by atoms with Crippen LogP contribution < -0.4 is 5.32 Å². The van der Waals surface area contributed by atoms with Gasteiger partial charge in [0, 0.05) is 24.3 Å². The summed E-state index contributed by atoms with van der Waals surface area (Å²) in [5, 5.41) is 3.26. The first-order chi connectivity index (χ1) is 8.65. The first kappa shape index (κ1) is 15.3. The zero-order valence-corrected chi connectivity index (χ0v) is 12.3. The fourth-order valence-electron chi connectivity index (χ4n) is 1.79. The third kappa shape index (κ3) is 5.29. The molecule has 0 aliphatic rings. The molecule has 0 radical (unpaired) electrons. The molecule has 3 nitrogen and oxygen atoms in total. The van der Waals surface area contributed by atoms with E-state index in [1.165, 1.54) is 5.56 Å². The monoisotopic (exact) mass is 269 g/mol. The molecule has 0 saturated heterocycles. The normalized spacial score (nSPS) is 12.6. The van der Waals surface area contributed by atoms with Crippen LogP contribution in [0.5, 0.6) is 0 Å². The lowest BCUT2D eigenvalue weighted by molar-refractivity contribution is 0.199. The fourth-order valence-corrected chi connectivity index (χ4v) is 3.06. The van der Waals surface area contributed by atoms with E-state index in [4.69, 9.17) is 4.74 Å². The molecule has 0 aliphatic heterocycles. The molecule has 18 heavy (non-hydrogen) atoms. The maximum absolute atomic E-state index is 12.1. The molecule has 0 heterocycles. The van der Waals surface area contributed by atoms with Crippen LogP contribution in [0.15, 0.2) is 23.1 Å². The Morgan fingerprint density at radius 3 is 2.72 bits per heavy atom. The van der Waals surface area contributed by atoms with Crippen molar-refractivity contribution in [2.24, 2.45) is 0 Å². The number of benzene rings is 1. The first-order valence-corrected chi connectivity index (χ1v) is 7.62. The molecule has 1 unspecified atom stereocenters. The van der Waals surface area contributed by atoms with Gasteiger partial charge in [0.1, 0.15) is 0 Å². The molecule has 0 amide bonds.